The Bertz CT molecular complexity index is 1290. The van der Waals surface area contributed by atoms with Crippen LogP contribution in [0, 0.1) is 6.92 Å². The highest BCUT2D eigenvalue weighted by molar-refractivity contribution is 7.93. The van der Waals surface area contributed by atoms with Crippen molar-refractivity contribution in [2.45, 2.75) is 63.7 Å². The van der Waals surface area contributed by atoms with Crippen LogP contribution in [0.1, 0.15) is 68.8 Å². The maximum absolute atomic E-state index is 13.7. The summed E-state index contributed by atoms with van der Waals surface area (Å²) in [6.07, 6.45) is 7.13. The average Bonchev–Trinajstić information content (AvgIpc) is 3.24. The van der Waals surface area contributed by atoms with E-state index in [0.717, 1.165) is 25.0 Å². The number of hydrogen-bond donors (Lipinski definition) is 1. The van der Waals surface area contributed by atoms with E-state index in [-0.39, 0.29) is 23.6 Å². The minimum absolute atomic E-state index is 0.0237. The van der Waals surface area contributed by atoms with Crippen LogP contribution in [0.4, 0.5) is 5.95 Å². The van der Waals surface area contributed by atoms with Crippen LogP contribution in [0.15, 0.2) is 18.7 Å². The number of hydrogen-bond acceptors (Lipinski definition) is 11. The van der Waals surface area contributed by atoms with Crippen LogP contribution >= 0.6 is 0 Å². The van der Waals surface area contributed by atoms with Gasteiger partial charge in [-0.25, -0.2) is 8.42 Å². The zero-order valence-corrected chi connectivity index (χ0v) is 22.4. The van der Waals surface area contributed by atoms with Crippen LogP contribution in [-0.2, 0) is 14.8 Å². The summed E-state index contributed by atoms with van der Waals surface area (Å²) in [5.74, 6) is 1.04. The van der Waals surface area contributed by atoms with E-state index in [0.29, 0.717) is 30.2 Å². The number of rotatable bonds is 12. The molecule has 37 heavy (non-hydrogen) atoms. The van der Waals surface area contributed by atoms with Crippen molar-refractivity contribution in [3.8, 4) is 17.4 Å². The van der Waals surface area contributed by atoms with Crippen molar-refractivity contribution in [3.05, 3.63) is 35.9 Å². The molecule has 0 amide bonds. The van der Waals surface area contributed by atoms with Crippen molar-refractivity contribution in [1.29, 1.82) is 0 Å². The Labute approximate surface area is 216 Å². The lowest BCUT2D eigenvalue weighted by atomic mass is 9.85. The van der Waals surface area contributed by atoms with E-state index in [2.05, 4.69) is 34.9 Å². The van der Waals surface area contributed by atoms with Gasteiger partial charge in [-0.1, -0.05) is 13.3 Å². The van der Waals surface area contributed by atoms with Gasteiger partial charge in [0.2, 0.25) is 27.7 Å². The minimum Gasteiger partial charge on any atom is -0.479 e. The number of aromatic nitrogens is 7. The number of sulfonamides is 1. The van der Waals surface area contributed by atoms with Gasteiger partial charge in [0.1, 0.15) is 23.5 Å². The Hall–Kier alpha value is -3.39. The first kappa shape index (κ1) is 26.7. The Morgan fingerprint density at radius 1 is 1.08 bits per heavy atom. The molecule has 1 aliphatic rings. The van der Waals surface area contributed by atoms with E-state index in [1.165, 1.54) is 26.7 Å². The minimum atomic E-state index is -4.06. The fourth-order valence-corrected chi connectivity index (χ4v) is 5.11. The Morgan fingerprint density at radius 2 is 1.78 bits per heavy atom. The molecule has 0 bridgehead atoms. The standard InChI is InChI=1S/C23H32N8O5S/c1-6-10-36-19(17-12-24-14(2)11-25-17)15(3)37(32,33)30-23-29-28-20(16-8-7-9-16)31(23)18-21(34-4)26-13-27-22(18)35-5/h11-13,15-16,19H,6-10H2,1-5H3,(H,29,30)/t15-,19+/m0/s1. The van der Waals surface area contributed by atoms with Gasteiger partial charge in [-0.3, -0.25) is 19.3 Å². The number of ether oxygens (including phenoxy) is 3. The second-order valence-corrected chi connectivity index (χ2v) is 10.8. The average molecular weight is 533 g/mol. The van der Waals surface area contributed by atoms with E-state index in [9.17, 15) is 8.42 Å². The zero-order chi connectivity index (χ0) is 26.6. The highest BCUT2D eigenvalue weighted by Gasteiger charge is 2.36. The molecule has 0 radical (unpaired) electrons. The van der Waals surface area contributed by atoms with Crippen LogP contribution in [0.2, 0.25) is 0 Å². The summed E-state index contributed by atoms with van der Waals surface area (Å²) < 4.78 is 48.4. The van der Waals surface area contributed by atoms with Gasteiger partial charge < -0.3 is 14.2 Å². The second-order valence-electron chi connectivity index (χ2n) is 8.81. The Morgan fingerprint density at radius 3 is 2.32 bits per heavy atom. The second kappa shape index (κ2) is 11.3. The predicted molar refractivity (Wildman–Crippen MR) is 134 cm³/mol. The van der Waals surface area contributed by atoms with Crippen LogP contribution in [0.5, 0.6) is 11.8 Å². The summed E-state index contributed by atoms with van der Waals surface area (Å²) in [5.41, 5.74) is 1.46. The molecule has 200 valence electrons. The molecule has 13 nitrogen and oxygen atoms in total. The molecule has 2 atom stereocenters. The van der Waals surface area contributed by atoms with Gasteiger partial charge in [-0.2, -0.15) is 9.97 Å². The number of anilines is 1. The van der Waals surface area contributed by atoms with E-state index >= 15 is 0 Å². The summed E-state index contributed by atoms with van der Waals surface area (Å²) in [6.45, 7) is 5.67. The molecular weight excluding hydrogens is 500 g/mol. The number of nitrogens with one attached hydrogen (secondary N) is 1. The van der Waals surface area contributed by atoms with E-state index in [1.807, 2.05) is 13.8 Å². The molecule has 3 heterocycles. The van der Waals surface area contributed by atoms with Gasteiger partial charge in [0.05, 0.1) is 31.8 Å². The van der Waals surface area contributed by atoms with Crippen LogP contribution in [0.25, 0.3) is 5.69 Å². The summed E-state index contributed by atoms with van der Waals surface area (Å²) in [5, 5.41) is 7.51. The van der Waals surface area contributed by atoms with Gasteiger partial charge >= 0.3 is 0 Å². The molecule has 1 fully saturated rings. The molecule has 0 unspecified atom stereocenters. The maximum Gasteiger partial charge on any atom is 0.245 e. The predicted octanol–water partition coefficient (Wildman–Crippen LogP) is 2.74. The van der Waals surface area contributed by atoms with Crippen molar-refractivity contribution >= 4 is 16.0 Å². The molecule has 1 saturated carbocycles. The summed E-state index contributed by atoms with van der Waals surface area (Å²) >= 11 is 0. The maximum atomic E-state index is 13.7. The SMILES string of the molecule is CCCO[C@@H](c1cnc(C)cn1)[C@H](C)S(=O)(=O)Nc1nnc(C2CCC2)n1-c1c(OC)ncnc1OC. The summed E-state index contributed by atoms with van der Waals surface area (Å²) in [7, 11) is -1.14. The zero-order valence-electron chi connectivity index (χ0n) is 21.6. The fourth-order valence-electron chi connectivity index (χ4n) is 3.99. The highest BCUT2D eigenvalue weighted by Crippen LogP contribution is 2.40. The lowest BCUT2D eigenvalue weighted by Crippen LogP contribution is -2.34. The fraction of sp³-hybridized carbons (Fsp3) is 0.565. The third-order valence-corrected chi connectivity index (χ3v) is 7.96. The first-order valence-corrected chi connectivity index (χ1v) is 13.7. The van der Waals surface area contributed by atoms with Crippen molar-refractivity contribution in [1.82, 2.24) is 34.7 Å². The van der Waals surface area contributed by atoms with Crippen molar-refractivity contribution in [2.75, 3.05) is 25.5 Å². The van der Waals surface area contributed by atoms with Crippen LogP contribution in [-0.4, -0.2) is 69.2 Å². The molecule has 1 N–H and O–H groups in total. The molecule has 0 saturated heterocycles. The first-order chi connectivity index (χ1) is 17.8. The number of aryl methyl sites for hydroxylation is 1. The van der Waals surface area contributed by atoms with Gasteiger partial charge in [0.25, 0.3) is 0 Å². The van der Waals surface area contributed by atoms with Crippen LogP contribution in [0.3, 0.4) is 0 Å². The monoisotopic (exact) mass is 532 g/mol. The largest absolute Gasteiger partial charge is 0.479 e. The van der Waals surface area contributed by atoms with Crippen molar-refractivity contribution in [3.63, 3.8) is 0 Å². The lowest BCUT2D eigenvalue weighted by Gasteiger charge is -2.26. The molecule has 0 aromatic carbocycles. The van der Waals surface area contributed by atoms with E-state index in [1.54, 1.807) is 17.7 Å². The summed E-state index contributed by atoms with van der Waals surface area (Å²) in [6, 6.07) is 0. The third kappa shape index (κ3) is 5.49. The molecule has 0 aliphatic heterocycles. The topological polar surface area (TPSA) is 156 Å². The normalized spacial score (nSPS) is 15.6. The Kier molecular flexibility index (Phi) is 8.17. The Balaban J connectivity index is 1.75. The smallest absolute Gasteiger partial charge is 0.245 e. The quantitative estimate of drug-likeness (QED) is 0.366. The molecule has 3 aromatic rings. The molecule has 14 heteroatoms. The first-order valence-electron chi connectivity index (χ1n) is 12.1. The molecule has 0 spiro atoms. The van der Waals surface area contributed by atoms with Crippen molar-refractivity contribution < 1.29 is 22.6 Å². The van der Waals surface area contributed by atoms with E-state index < -0.39 is 21.4 Å². The highest BCUT2D eigenvalue weighted by atomic mass is 32.2. The summed E-state index contributed by atoms with van der Waals surface area (Å²) in [4.78, 5) is 17.0. The van der Waals surface area contributed by atoms with E-state index in [4.69, 9.17) is 14.2 Å². The molecule has 4 rings (SSSR count). The number of nitrogens with zero attached hydrogens (tertiary/aromatic N) is 7. The lowest BCUT2D eigenvalue weighted by molar-refractivity contribution is 0.0495. The van der Waals surface area contributed by atoms with Crippen molar-refractivity contribution in [2.24, 2.45) is 0 Å². The number of methoxy groups -OCH3 is 2. The van der Waals surface area contributed by atoms with Gasteiger partial charge in [-0.15, -0.1) is 10.2 Å². The molecule has 3 aromatic heterocycles. The van der Waals surface area contributed by atoms with Gasteiger partial charge in [0, 0.05) is 18.7 Å². The molecular formula is C23H32N8O5S. The molecule has 1 aliphatic carbocycles. The van der Waals surface area contributed by atoms with Gasteiger partial charge in [0.15, 0.2) is 5.69 Å². The third-order valence-electron chi connectivity index (χ3n) is 6.27. The van der Waals surface area contributed by atoms with Gasteiger partial charge in [-0.05, 0) is 33.1 Å². The van der Waals surface area contributed by atoms with Crippen LogP contribution < -0.4 is 14.2 Å².